The van der Waals surface area contributed by atoms with Crippen molar-refractivity contribution < 1.29 is 5.11 Å². The average molecular weight is 341 g/mol. The van der Waals surface area contributed by atoms with E-state index in [-0.39, 0.29) is 5.75 Å². The fourth-order valence-corrected chi connectivity index (χ4v) is 2.71. The number of aromatic hydroxyl groups is 1. The third-order valence-electron chi connectivity index (χ3n) is 3.93. The Bertz CT molecular complexity index is 1100. The van der Waals surface area contributed by atoms with Gasteiger partial charge in [-0.25, -0.2) is 4.68 Å². The fraction of sp³-hybridized carbons (Fsp3) is 0.100. The Kier molecular flexibility index (Phi) is 4.27. The molecule has 4 aromatic rings. The molecule has 0 radical (unpaired) electrons. The molecule has 6 nitrogen and oxygen atoms in total. The summed E-state index contributed by atoms with van der Waals surface area (Å²) in [6, 6.07) is 17.4. The molecule has 0 aliphatic rings. The summed E-state index contributed by atoms with van der Waals surface area (Å²) < 4.78 is 1.54. The molecule has 2 aromatic heterocycles. The van der Waals surface area contributed by atoms with Gasteiger partial charge in [-0.1, -0.05) is 42.2 Å². The first-order valence-corrected chi connectivity index (χ1v) is 8.14. The zero-order valence-electron chi connectivity index (χ0n) is 13.9. The Morgan fingerprint density at radius 3 is 2.73 bits per heavy atom. The van der Waals surface area contributed by atoms with Crippen LogP contribution < -0.4 is 0 Å². The third-order valence-corrected chi connectivity index (χ3v) is 3.93. The van der Waals surface area contributed by atoms with Crippen LogP contribution in [0.25, 0.3) is 10.9 Å². The normalized spacial score (nSPS) is 10.5. The second-order valence-electron chi connectivity index (χ2n) is 5.84. The van der Waals surface area contributed by atoms with Crippen molar-refractivity contribution in [3.8, 4) is 17.6 Å². The van der Waals surface area contributed by atoms with Gasteiger partial charge in [-0.2, -0.15) is 0 Å². The maximum absolute atomic E-state index is 10.4. The number of tetrazole rings is 1. The van der Waals surface area contributed by atoms with Gasteiger partial charge in [0.05, 0.1) is 5.52 Å². The molecule has 1 N–H and O–H groups in total. The highest BCUT2D eigenvalue weighted by Gasteiger charge is 2.06. The van der Waals surface area contributed by atoms with E-state index in [1.807, 2.05) is 48.5 Å². The van der Waals surface area contributed by atoms with Crippen LogP contribution in [-0.4, -0.2) is 30.3 Å². The lowest BCUT2D eigenvalue weighted by molar-refractivity contribution is 0.480. The summed E-state index contributed by atoms with van der Waals surface area (Å²) in [6.45, 7) is 0.408. The highest BCUT2D eigenvalue weighted by atomic mass is 16.3. The van der Waals surface area contributed by atoms with Gasteiger partial charge < -0.3 is 5.11 Å². The molecule has 2 aromatic carbocycles. The number of fused-ring (bicyclic) bond motifs is 1. The van der Waals surface area contributed by atoms with Crippen LogP contribution in [0, 0.1) is 11.8 Å². The highest BCUT2D eigenvalue weighted by Crippen LogP contribution is 2.26. The number of hydrogen-bond donors (Lipinski definition) is 1. The maximum Gasteiger partial charge on any atom is 0.139 e. The Balaban J connectivity index is 1.59. The Labute approximate surface area is 150 Å². The van der Waals surface area contributed by atoms with Gasteiger partial charge in [-0.05, 0) is 34.2 Å². The van der Waals surface area contributed by atoms with Crippen LogP contribution in [0.1, 0.15) is 16.8 Å². The summed E-state index contributed by atoms with van der Waals surface area (Å²) in [4.78, 5) is 4.65. The molecule has 0 fully saturated rings. The summed E-state index contributed by atoms with van der Waals surface area (Å²) >= 11 is 0. The first-order chi connectivity index (χ1) is 12.8. The lowest BCUT2D eigenvalue weighted by atomic mass is 10.1. The van der Waals surface area contributed by atoms with Gasteiger partial charge in [-0.3, -0.25) is 4.98 Å². The number of hydrogen-bond acceptors (Lipinski definition) is 5. The first kappa shape index (κ1) is 15.8. The average Bonchev–Trinajstić information content (AvgIpc) is 3.16. The maximum atomic E-state index is 10.4. The summed E-state index contributed by atoms with van der Waals surface area (Å²) in [5.41, 5.74) is 3.54. The predicted octanol–water partition coefficient (Wildman–Crippen LogP) is 2.57. The van der Waals surface area contributed by atoms with Crippen molar-refractivity contribution >= 4 is 10.9 Å². The number of nitrogens with zero attached hydrogens (tertiary/aromatic N) is 5. The molecular weight excluding hydrogens is 326 g/mol. The molecule has 0 saturated heterocycles. The van der Waals surface area contributed by atoms with E-state index in [0.717, 1.165) is 22.3 Å². The van der Waals surface area contributed by atoms with Crippen molar-refractivity contribution in [1.29, 1.82) is 0 Å². The topological polar surface area (TPSA) is 76.7 Å². The van der Waals surface area contributed by atoms with Gasteiger partial charge in [0.1, 0.15) is 18.6 Å². The van der Waals surface area contributed by atoms with Crippen molar-refractivity contribution in [2.24, 2.45) is 0 Å². The molecule has 0 saturated carbocycles. The van der Waals surface area contributed by atoms with Crippen molar-refractivity contribution in [3.05, 3.63) is 77.7 Å². The second-order valence-corrected chi connectivity index (χ2v) is 5.84. The van der Waals surface area contributed by atoms with Crippen LogP contribution in [0.15, 0.2) is 60.9 Å². The van der Waals surface area contributed by atoms with E-state index in [4.69, 9.17) is 0 Å². The molecule has 2 heterocycles. The second kappa shape index (κ2) is 7.03. The van der Waals surface area contributed by atoms with Gasteiger partial charge in [0.2, 0.25) is 0 Å². The number of aromatic nitrogens is 5. The van der Waals surface area contributed by atoms with E-state index in [0.29, 0.717) is 18.4 Å². The van der Waals surface area contributed by atoms with Crippen LogP contribution in [0.4, 0.5) is 0 Å². The molecule has 0 atom stereocenters. The van der Waals surface area contributed by atoms with Gasteiger partial charge in [0.25, 0.3) is 0 Å². The zero-order chi connectivity index (χ0) is 17.8. The molecule has 6 heteroatoms. The minimum atomic E-state index is 0.213. The Morgan fingerprint density at radius 2 is 1.92 bits per heavy atom. The third kappa shape index (κ3) is 3.52. The van der Waals surface area contributed by atoms with Crippen LogP contribution >= 0.6 is 0 Å². The highest BCUT2D eigenvalue weighted by molar-refractivity contribution is 5.86. The lowest BCUT2D eigenvalue weighted by Gasteiger charge is -2.06. The minimum Gasteiger partial charge on any atom is -0.507 e. The predicted molar refractivity (Wildman–Crippen MR) is 97.4 cm³/mol. The summed E-state index contributed by atoms with van der Waals surface area (Å²) in [5.74, 6) is 6.27. The molecular formula is C20H15N5O. The van der Waals surface area contributed by atoms with E-state index in [1.165, 1.54) is 6.33 Å². The molecule has 0 aliphatic carbocycles. The Hall–Kier alpha value is -3.72. The quantitative estimate of drug-likeness (QED) is 0.580. The summed E-state index contributed by atoms with van der Waals surface area (Å²) in [5, 5.41) is 22.0. The number of rotatable bonds is 3. The lowest BCUT2D eigenvalue weighted by Crippen LogP contribution is -1.96. The van der Waals surface area contributed by atoms with E-state index in [2.05, 4.69) is 32.4 Å². The zero-order valence-corrected chi connectivity index (χ0v) is 13.9. The van der Waals surface area contributed by atoms with Gasteiger partial charge in [-0.15, -0.1) is 5.10 Å². The molecule has 0 aliphatic heterocycles. The van der Waals surface area contributed by atoms with Gasteiger partial charge >= 0.3 is 0 Å². The monoisotopic (exact) mass is 341 g/mol. The van der Waals surface area contributed by atoms with Crippen LogP contribution in [-0.2, 0) is 13.0 Å². The smallest absolute Gasteiger partial charge is 0.139 e. The fourth-order valence-electron chi connectivity index (χ4n) is 2.71. The Morgan fingerprint density at radius 1 is 1.04 bits per heavy atom. The van der Waals surface area contributed by atoms with E-state index < -0.39 is 0 Å². The van der Waals surface area contributed by atoms with Crippen LogP contribution in [0.5, 0.6) is 5.75 Å². The molecule has 4 rings (SSSR count). The van der Waals surface area contributed by atoms with Gasteiger partial charge in [0, 0.05) is 29.1 Å². The van der Waals surface area contributed by atoms with Crippen molar-refractivity contribution in [3.63, 3.8) is 0 Å². The molecule has 26 heavy (non-hydrogen) atoms. The SMILES string of the molecule is Oc1cc(Cc2ccccc2)nc2ccc(C#CCn3cnnn3)cc12. The largest absolute Gasteiger partial charge is 0.507 e. The van der Waals surface area contributed by atoms with E-state index in [9.17, 15) is 5.11 Å². The summed E-state index contributed by atoms with van der Waals surface area (Å²) in [6.07, 6.45) is 2.19. The minimum absolute atomic E-state index is 0.213. The standard InChI is InChI=1S/C20H15N5O/c26-20-13-17(11-15-5-2-1-3-6-15)22-19-9-8-16(12-18(19)20)7-4-10-25-14-21-23-24-25/h1-3,5-6,8-9,12-14H,10-11H2,(H,22,26). The van der Waals surface area contributed by atoms with Gasteiger partial charge in [0.15, 0.2) is 0 Å². The van der Waals surface area contributed by atoms with E-state index >= 15 is 0 Å². The number of pyridine rings is 1. The molecule has 0 bridgehead atoms. The number of benzene rings is 2. The summed E-state index contributed by atoms with van der Waals surface area (Å²) in [7, 11) is 0. The molecule has 0 amide bonds. The van der Waals surface area contributed by atoms with Crippen molar-refractivity contribution in [1.82, 2.24) is 25.2 Å². The van der Waals surface area contributed by atoms with Crippen molar-refractivity contribution in [2.75, 3.05) is 0 Å². The molecule has 0 spiro atoms. The van der Waals surface area contributed by atoms with Crippen LogP contribution in [0.2, 0.25) is 0 Å². The molecule has 0 unspecified atom stereocenters. The molecule has 126 valence electrons. The van der Waals surface area contributed by atoms with Crippen LogP contribution in [0.3, 0.4) is 0 Å². The first-order valence-electron chi connectivity index (χ1n) is 8.14. The van der Waals surface area contributed by atoms with E-state index in [1.54, 1.807) is 10.7 Å². The van der Waals surface area contributed by atoms with Crippen molar-refractivity contribution in [2.45, 2.75) is 13.0 Å².